The van der Waals surface area contributed by atoms with Crippen molar-refractivity contribution in [3.8, 4) is 0 Å². The second-order valence-electron chi connectivity index (χ2n) is 2.37. The van der Waals surface area contributed by atoms with Gasteiger partial charge in [0.2, 0.25) is 0 Å². The van der Waals surface area contributed by atoms with Crippen LogP contribution in [-0.2, 0) is 9.59 Å². The number of carbonyl (C=O) groups is 2. The molecular weight excluding hydrogens is 184 g/mol. The maximum absolute atomic E-state index is 11.0. The number of carboxylic acids is 1. The molecule has 1 unspecified atom stereocenters. The van der Waals surface area contributed by atoms with Gasteiger partial charge in [-0.25, -0.2) is 4.79 Å². The second-order valence-corrected chi connectivity index (χ2v) is 2.64. The van der Waals surface area contributed by atoms with Crippen molar-refractivity contribution in [3.63, 3.8) is 0 Å². The van der Waals surface area contributed by atoms with Crippen LogP contribution in [0.1, 0.15) is 6.42 Å². The zero-order valence-corrected chi connectivity index (χ0v) is 7.17. The highest BCUT2D eigenvalue weighted by atomic mass is 35.5. The summed E-state index contributed by atoms with van der Waals surface area (Å²) in [4.78, 5) is 21.5. The summed E-state index contributed by atoms with van der Waals surface area (Å²) >= 11 is 5.18. The molecule has 0 saturated carbocycles. The average Bonchev–Trinajstić information content (AvgIpc) is 2.03. The fourth-order valence-electron chi connectivity index (χ4n) is 0.713. The van der Waals surface area contributed by atoms with Crippen molar-refractivity contribution < 1.29 is 14.7 Å². The summed E-state index contributed by atoms with van der Waals surface area (Å²) in [5.74, 6) is -2.52. The highest BCUT2D eigenvalue weighted by molar-refractivity contribution is 6.31. The third-order valence-corrected chi connectivity index (χ3v) is 1.78. The Kier molecular flexibility index (Phi) is 4.16. The predicted octanol–water partition coefficient (Wildman–Crippen LogP) is -1.07. The molecule has 0 bridgehead atoms. The van der Waals surface area contributed by atoms with Gasteiger partial charge in [-0.3, -0.25) is 4.79 Å². The van der Waals surface area contributed by atoms with Crippen LogP contribution in [0.15, 0.2) is 0 Å². The normalized spacial score (nSPS) is 15.2. The highest BCUT2D eigenvalue weighted by Gasteiger charge is 2.40. The van der Waals surface area contributed by atoms with Crippen molar-refractivity contribution in [1.29, 1.82) is 0 Å². The van der Waals surface area contributed by atoms with Crippen LogP contribution in [0.3, 0.4) is 0 Å². The van der Waals surface area contributed by atoms with Crippen LogP contribution < -0.4 is 11.5 Å². The van der Waals surface area contributed by atoms with E-state index in [9.17, 15) is 9.59 Å². The van der Waals surface area contributed by atoms with E-state index in [0.29, 0.717) is 0 Å². The fourth-order valence-corrected chi connectivity index (χ4v) is 0.951. The Hall–Kier alpha value is -0.650. The number of aliphatic carboxylic acids is 1. The minimum absolute atomic E-state index is 0.0332. The van der Waals surface area contributed by atoms with Gasteiger partial charge in [0.25, 0.3) is 0 Å². The summed E-state index contributed by atoms with van der Waals surface area (Å²) in [5, 5.41) is 8.61. The first-order valence-electron chi connectivity index (χ1n) is 3.30. The highest BCUT2D eigenvalue weighted by Crippen LogP contribution is 2.08. The minimum Gasteiger partial charge on any atom is -0.480 e. The Bertz CT molecular complexity index is 197. The van der Waals surface area contributed by atoms with Gasteiger partial charge < -0.3 is 16.6 Å². The van der Waals surface area contributed by atoms with E-state index in [1.165, 1.54) is 0 Å². The van der Waals surface area contributed by atoms with Gasteiger partial charge >= 0.3 is 5.97 Å². The number of hydrogen-bond acceptors (Lipinski definition) is 4. The van der Waals surface area contributed by atoms with Crippen molar-refractivity contribution in [2.75, 3.05) is 12.4 Å². The number of alkyl halides is 1. The van der Waals surface area contributed by atoms with Gasteiger partial charge in [0.15, 0.2) is 11.3 Å². The molecule has 1 atom stereocenters. The summed E-state index contributed by atoms with van der Waals surface area (Å²) in [6.07, 6.45) is -0.103. The van der Waals surface area contributed by atoms with Gasteiger partial charge in [-0.05, 0) is 13.0 Å². The molecule has 0 heterocycles. The van der Waals surface area contributed by atoms with Crippen LogP contribution in [-0.4, -0.2) is 34.8 Å². The molecule has 5 N–H and O–H groups in total. The standard InChI is InChI=1S/C6H11ClN2O3/c7-3-4(10)6(9,1-2-8)5(11)12/h1-3,8-9H2,(H,11,12). The first-order valence-corrected chi connectivity index (χ1v) is 3.84. The summed E-state index contributed by atoms with van der Waals surface area (Å²) in [6, 6.07) is 0. The lowest BCUT2D eigenvalue weighted by Crippen LogP contribution is -2.56. The molecule has 0 radical (unpaired) electrons. The molecule has 0 aromatic heterocycles. The number of Topliss-reactive ketones (excluding diaryl/α,β-unsaturated/α-hetero) is 1. The quantitative estimate of drug-likeness (QED) is 0.382. The third-order valence-electron chi connectivity index (χ3n) is 1.54. The molecule has 6 heteroatoms. The maximum Gasteiger partial charge on any atom is 0.331 e. The predicted molar refractivity (Wildman–Crippen MR) is 44.0 cm³/mol. The Morgan fingerprint density at radius 1 is 1.50 bits per heavy atom. The largest absolute Gasteiger partial charge is 0.480 e. The molecule has 0 spiro atoms. The zero-order valence-electron chi connectivity index (χ0n) is 6.42. The summed E-state index contributed by atoms with van der Waals surface area (Å²) in [5.41, 5.74) is 8.48. The molecule has 0 aromatic rings. The summed E-state index contributed by atoms with van der Waals surface area (Å²) < 4.78 is 0. The Labute approximate surface area is 74.7 Å². The number of hydrogen-bond donors (Lipinski definition) is 3. The van der Waals surface area contributed by atoms with Crippen LogP contribution in [0.2, 0.25) is 0 Å². The van der Waals surface area contributed by atoms with Crippen molar-refractivity contribution in [1.82, 2.24) is 0 Å². The third kappa shape index (κ3) is 2.17. The van der Waals surface area contributed by atoms with Crippen LogP contribution in [0, 0.1) is 0 Å². The molecule has 70 valence electrons. The first-order chi connectivity index (χ1) is 5.49. The van der Waals surface area contributed by atoms with E-state index in [2.05, 4.69) is 0 Å². The number of carboxylic acid groups (broad SMARTS) is 1. The van der Waals surface area contributed by atoms with Gasteiger partial charge in [0, 0.05) is 0 Å². The molecule has 0 aliphatic heterocycles. The van der Waals surface area contributed by atoms with E-state index in [0.717, 1.165) is 0 Å². The SMILES string of the molecule is NCCC(N)(C(=O)O)C(=O)CCl. The lowest BCUT2D eigenvalue weighted by molar-refractivity contribution is -0.147. The van der Waals surface area contributed by atoms with Gasteiger partial charge in [0.05, 0.1) is 5.88 Å². The smallest absolute Gasteiger partial charge is 0.331 e. The monoisotopic (exact) mass is 194 g/mol. The second kappa shape index (κ2) is 4.39. The maximum atomic E-state index is 11.0. The van der Waals surface area contributed by atoms with Crippen molar-refractivity contribution in [3.05, 3.63) is 0 Å². The van der Waals surface area contributed by atoms with Crippen molar-refractivity contribution in [2.45, 2.75) is 12.0 Å². The van der Waals surface area contributed by atoms with Gasteiger partial charge in [-0.1, -0.05) is 0 Å². The number of carbonyl (C=O) groups excluding carboxylic acids is 1. The van der Waals surface area contributed by atoms with E-state index >= 15 is 0 Å². The van der Waals surface area contributed by atoms with Crippen molar-refractivity contribution >= 4 is 23.4 Å². The topological polar surface area (TPSA) is 106 Å². The van der Waals surface area contributed by atoms with Crippen LogP contribution >= 0.6 is 11.6 Å². The fraction of sp³-hybridized carbons (Fsp3) is 0.667. The van der Waals surface area contributed by atoms with E-state index in [1.54, 1.807) is 0 Å². The van der Waals surface area contributed by atoms with E-state index in [-0.39, 0.29) is 13.0 Å². The van der Waals surface area contributed by atoms with E-state index in [4.69, 9.17) is 28.2 Å². The molecule has 0 amide bonds. The molecule has 5 nitrogen and oxygen atoms in total. The Morgan fingerprint density at radius 2 is 2.00 bits per heavy atom. The number of rotatable bonds is 5. The van der Waals surface area contributed by atoms with Crippen molar-refractivity contribution in [2.24, 2.45) is 11.5 Å². The number of halogens is 1. The molecule has 0 aliphatic rings. The van der Waals surface area contributed by atoms with Gasteiger partial charge in [0.1, 0.15) is 0 Å². The first kappa shape index (κ1) is 11.4. The average molecular weight is 195 g/mol. The molecule has 0 fully saturated rings. The molecule has 0 aliphatic carbocycles. The van der Waals surface area contributed by atoms with Gasteiger partial charge in [-0.2, -0.15) is 0 Å². The lowest BCUT2D eigenvalue weighted by atomic mass is 9.92. The molecule has 12 heavy (non-hydrogen) atoms. The van der Waals surface area contributed by atoms with Crippen LogP contribution in [0.25, 0.3) is 0 Å². The number of nitrogens with two attached hydrogens (primary N) is 2. The molecule has 0 aromatic carbocycles. The number of ketones is 1. The Morgan fingerprint density at radius 3 is 2.25 bits per heavy atom. The van der Waals surface area contributed by atoms with Crippen LogP contribution in [0.5, 0.6) is 0 Å². The summed E-state index contributed by atoms with van der Waals surface area (Å²) in [6.45, 7) is 0.0332. The Balaban J connectivity index is 4.61. The molecule has 0 rings (SSSR count). The lowest BCUT2D eigenvalue weighted by Gasteiger charge is -2.20. The summed E-state index contributed by atoms with van der Waals surface area (Å²) in [7, 11) is 0. The van der Waals surface area contributed by atoms with E-state index in [1.807, 2.05) is 0 Å². The van der Waals surface area contributed by atoms with Gasteiger partial charge in [-0.15, -0.1) is 11.6 Å². The van der Waals surface area contributed by atoms with Crippen LogP contribution in [0.4, 0.5) is 0 Å². The zero-order chi connectivity index (χ0) is 9.78. The molecular formula is C6H11ClN2O3. The molecule has 0 saturated heterocycles. The van der Waals surface area contributed by atoms with E-state index < -0.39 is 23.2 Å². The minimum atomic E-state index is -1.92.